The number of carbonyl (C=O) groups is 7. The highest BCUT2D eigenvalue weighted by Crippen LogP contribution is 2.38. The van der Waals surface area contributed by atoms with Crippen molar-refractivity contribution < 1.29 is 210 Å². The summed E-state index contributed by atoms with van der Waals surface area (Å²) in [6.45, 7) is -1.03. The average Bonchev–Trinajstić information content (AvgIpc) is 1.77. The number of ether oxygens (including phenoxy) is 19. The van der Waals surface area contributed by atoms with Crippen molar-refractivity contribution in [1.29, 1.82) is 0 Å². The van der Waals surface area contributed by atoms with Gasteiger partial charge >= 0.3 is 17.9 Å². The second-order valence-electron chi connectivity index (χ2n) is 19.6. The second kappa shape index (κ2) is 29.8. The number of carboxylic acid groups (broad SMARTS) is 3. The van der Waals surface area contributed by atoms with E-state index in [4.69, 9.17) is 90.0 Å². The van der Waals surface area contributed by atoms with Crippen LogP contribution in [0, 0.1) is 0 Å². The molecule has 0 amide bonds. The molecule has 0 spiro atoms. The van der Waals surface area contributed by atoms with E-state index < -0.39 is 234 Å². The maximum absolute atomic E-state index is 12.6. The summed E-state index contributed by atoms with van der Waals surface area (Å²) in [5, 5.41) is 184. The molecule has 17 N–H and O–H groups in total. The first kappa shape index (κ1) is 69.6. The van der Waals surface area contributed by atoms with Gasteiger partial charge in [-0.05, 0) is 0 Å². The van der Waals surface area contributed by atoms with Gasteiger partial charge in [-0.25, -0.2) is 14.4 Å². The van der Waals surface area contributed by atoms with Crippen LogP contribution in [0.1, 0.15) is 0 Å². The van der Waals surface area contributed by atoms with Gasteiger partial charge in [-0.1, -0.05) is 0 Å². The summed E-state index contributed by atoms with van der Waals surface area (Å²) in [5.41, 5.74) is 0. The predicted octanol–water partition coefficient (Wildman–Crippen LogP) is -14.1. The molecular formula is C44H62O43. The molecule has 0 bridgehead atoms. The normalized spacial score (nSPS) is 48.6. The van der Waals surface area contributed by atoms with Crippen LogP contribution < -0.4 is 0 Å². The zero-order valence-corrected chi connectivity index (χ0v) is 44.2. The lowest BCUT2D eigenvalue weighted by atomic mass is 9.95. The zero-order valence-electron chi connectivity index (χ0n) is 44.2. The van der Waals surface area contributed by atoms with Crippen molar-refractivity contribution in [2.75, 3.05) is 14.2 Å². The van der Waals surface area contributed by atoms with Crippen LogP contribution in [0.3, 0.4) is 0 Å². The molecule has 14 unspecified atom stereocenters. The fourth-order valence-electron chi connectivity index (χ4n) is 9.93. The van der Waals surface area contributed by atoms with E-state index in [1.807, 2.05) is 0 Å². The maximum atomic E-state index is 12.6. The van der Waals surface area contributed by atoms with Gasteiger partial charge < -0.3 is 177 Å². The van der Waals surface area contributed by atoms with Gasteiger partial charge in [0.15, 0.2) is 80.7 Å². The van der Waals surface area contributed by atoms with Crippen LogP contribution in [0.2, 0.25) is 0 Å². The Morgan fingerprint density at radius 2 is 0.460 bits per heavy atom. The summed E-state index contributed by atoms with van der Waals surface area (Å²) in [5.74, 6) is -5.95. The van der Waals surface area contributed by atoms with Crippen molar-refractivity contribution in [3.05, 3.63) is 0 Å². The Bertz CT molecular complexity index is 2310. The van der Waals surface area contributed by atoms with Crippen molar-refractivity contribution in [2.45, 2.75) is 216 Å². The third-order valence-corrected chi connectivity index (χ3v) is 14.4. The minimum absolute atomic E-state index is 0.108. The van der Waals surface area contributed by atoms with Crippen LogP contribution in [0.15, 0.2) is 0 Å². The monoisotopic (exact) mass is 1280 g/mol. The summed E-state index contributed by atoms with van der Waals surface area (Å²) >= 11 is 0. The molecule has 43 nitrogen and oxygen atoms in total. The molecule has 7 saturated heterocycles. The molecule has 87 heavy (non-hydrogen) atoms. The third-order valence-electron chi connectivity index (χ3n) is 14.4. The van der Waals surface area contributed by atoms with Crippen molar-refractivity contribution in [3.8, 4) is 0 Å². The van der Waals surface area contributed by atoms with E-state index in [9.17, 15) is 120 Å². The smallest absolute Gasteiger partial charge is 0.335 e. The lowest BCUT2D eigenvalue weighted by molar-refractivity contribution is -0.425. The van der Waals surface area contributed by atoms with Gasteiger partial charge in [0, 0.05) is 14.2 Å². The Morgan fingerprint density at radius 1 is 0.264 bits per heavy atom. The fourth-order valence-corrected chi connectivity index (χ4v) is 9.93. The molecular weight excluding hydrogens is 1220 g/mol. The number of hydrogen-bond acceptors (Lipinski definition) is 40. The number of methoxy groups -OCH3 is 2. The number of hydrogen-bond donors (Lipinski definition) is 17. The van der Waals surface area contributed by atoms with Gasteiger partial charge in [-0.15, -0.1) is 0 Å². The van der Waals surface area contributed by atoms with Crippen LogP contribution in [0.4, 0.5) is 0 Å². The molecule has 43 heteroatoms. The molecule has 7 aliphatic heterocycles. The van der Waals surface area contributed by atoms with E-state index in [0.717, 1.165) is 14.2 Å². The molecule has 35 atom stereocenters. The van der Waals surface area contributed by atoms with Gasteiger partial charge in [0.05, 0.1) is 0 Å². The highest BCUT2D eigenvalue weighted by atomic mass is 16.9. The quantitative estimate of drug-likeness (QED) is 0.0298. The number of carboxylic acids is 3. The van der Waals surface area contributed by atoms with E-state index in [-0.39, 0.29) is 25.9 Å². The van der Waals surface area contributed by atoms with Crippen LogP contribution >= 0.6 is 0 Å². The summed E-state index contributed by atoms with van der Waals surface area (Å²) in [7, 11) is 2.04. The first-order chi connectivity index (χ1) is 41.2. The predicted molar refractivity (Wildman–Crippen MR) is 243 cm³/mol. The van der Waals surface area contributed by atoms with Gasteiger partial charge in [0.1, 0.15) is 110 Å². The molecule has 7 rings (SSSR count). The van der Waals surface area contributed by atoms with Crippen molar-refractivity contribution in [1.82, 2.24) is 0 Å². The van der Waals surface area contributed by atoms with Crippen molar-refractivity contribution in [3.63, 3.8) is 0 Å². The van der Waals surface area contributed by atoms with E-state index in [1.165, 1.54) is 0 Å². The average molecular weight is 1280 g/mol. The summed E-state index contributed by atoms with van der Waals surface area (Å²) in [6, 6.07) is 0. The highest BCUT2D eigenvalue weighted by molar-refractivity contribution is 5.74. The van der Waals surface area contributed by atoms with E-state index >= 15 is 0 Å². The molecule has 0 aromatic carbocycles. The van der Waals surface area contributed by atoms with Gasteiger partial charge in [0.2, 0.25) is 25.2 Å². The molecule has 0 aromatic heterocycles. The van der Waals surface area contributed by atoms with E-state index in [2.05, 4.69) is 0 Å². The molecule has 7 aliphatic rings. The second-order valence-corrected chi connectivity index (χ2v) is 19.6. The topological polar surface area (TPSA) is 639 Å². The Hall–Kier alpha value is -4.87. The third kappa shape index (κ3) is 14.5. The zero-order chi connectivity index (χ0) is 64.2. The number of rotatable bonds is 25. The minimum atomic E-state index is -2.60. The fraction of sp³-hybridized carbons (Fsp3) is 0.841. The number of carbonyl (C=O) groups excluding carboxylic acids is 4. The Labute approximate surface area is 483 Å². The Balaban J connectivity index is 1.000. The first-order valence-corrected chi connectivity index (χ1v) is 25.3. The maximum Gasteiger partial charge on any atom is 0.335 e. The van der Waals surface area contributed by atoms with Crippen molar-refractivity contribution >= 4 is 43.8 Å². The van der Waals surface area contributed by atoms with Crippen LogP contribution in [0.25, 0.3) is 0 Å². The van der Waals surface area contributed by atoms with Gasteiger partial charge in [0.25, 0.3) is 25.9 Å². The Kier molecular flexibility index (Phi) is 23.9. The molecule has 0 saturated carbocycles. The highest BCUT2D eigenvalue weighted by Gasteiger charge is 2.61. The Morgan fingerprint density at radius 3 is 0.690 bits per heavy atom. The molecule has 0 aliphatic carbocycles. The largest absolute Gasteiger partial charge is 0.479 e. The van der Waals surface area contributed by atoms with Crippen LogP contribution in [-0.4, -0.2) is 361 Å². The van der Waals surface area contributed by atoms with Crippen LogP contribution in [0.5, 0.6) is 0 Å². The lowest BCUT2D eigenvalue weighted by Gasteiger charge is -2.49. The standard InChI is InChI=1S/C44H62O43/c1-69-24-10(52)17(59)38(84-41(24)71-3-45)78-26-12(54)19(61)40(86-43(26)73-5-47)80-27-13(55)20(62)39(87-44(27)74-6-48)79-25-11(53)18(60)37(85-42(25)72-4-46)77-23-9(51)16(58)36(83-30(23)33(67)68)76-22-8(50)15(57)35(82-29(22)32(65)66)75-21-7(49)14(56)34(70-2)81-28(21)31(63)64/h3-30,34-44,49-62H,1-2H3,(H,63,64)(H,65,66)(H,67,68)/t7-,8?,9-,10?,11+,12+,13?,14?,15+,16?,17+,18?,19?,20+,21+,22-,23+,24-,25-,26-,27-,28?,29?,30?,34-,35+,36-,37+,38+,39+,40+,41?,42?,43?,44?/m1/s1. The molecule has 7 fully saturated rings. The molecule has 0 radical (unpaired) electrons. The molecule has 496 valence electrons. The summed E-state index contributed by atoms with van der Waals surface area (Å²) in [4.78, 5) is 83.1. The van der Waals surface area contributed by atoms with Gasteiger partial charge in [-0.2, -0.15) is 0 Å². The minimum Gasteiger partial charge on any atom is -0.479 e. The number of aliphatic hydroxyl groups excluding tert-OH is 14. The SMILES string of the molecule is CO[C@@H]1OC(C(=O)O)[C@@H](O[C@H]2OC(C(=O)O)[C@H](O[C@@H]3OC(C(=O)O)[C@@H](O[C@H]4OC(OC=O)[C@H](O[C@H]5OC(OC=O)[C@H](O[C@H]6OC(OC=O)[C@H](O[C@H]7OC(OC=O)[C@H](OC)C(O)[C@@H]7O)[C@@H](O)C6O)C(O)[C@@H]5O)[C@@H](O)C4O)[C@H](O)C3O)C(O)[C@@H]2O)[C@H](O)C1O. The first-order valence-electron chi connectivity index (χ1n) is 25.3. The lowest BCUT2D eigenvalue weighted by Crippen LogP contribution is -2.69. The van der Waals surface area contributed by atoms with Crippen LogP contribution in [-0.2, 0) is 124 Å². The van der Waals surface area contributed by atoms with Crippen molar-refractivity contribution in [2.24, 2.45) is 0 Å². The van der Waals surface area contributed by atoms with Gasteiger partial charge in [-0.3, -0.25) is 19.2 Å². The van der Waals surface area contributed by atoms with E-state index in [0.29, 0.717) is 0 Å². The summed E-state index contributed by atoms with van der Waals surface area (Å²) < 4.78 is 98.8. The number of aliphatic carboxylic acids is 3. The molecule has 7 heterocycles. The number of aliphatic hydroxyl groups is 14. The molecule has 0 aromatic rings. The summed E-state index contributed by atoms with van der Waals surface area (Å²) in [6.07, 6.45) is -79.8. The van der Waals surface area contributed by atoms with E-state index in [1.54, 1.807) is 0 Å².